The third-order valence-corrected chi connectivity index (χ3v) is 4.50. The van der Waals surface area contributed by atoms with Gasteiger partial charge in [0, 0.05) is 13.1 Å². The number of carbonyl (C=O) groups is 1. The van der Waals surface area contributed by atoms with Crippen LogP contribution in [0.3, 0.4) is 0 Å². The van der Waals surface area contributed by atoms with Crippen molar-refractivity contribution in [3.05, 3.63) is 47.7 Å². The summed E-state index contributed by atoms with van der Waals surface area (Å²) in [6, 6.07) is 11.3. The molecule has 25 heavy (non-hydrogen) atoms. The summed E-state index contributed by atoms with van der Waals surface area (Å²) in [5.41, 5.74) is 2.14. The highest BCUT2D eigenvalue weighted by atomic mass is 16.5. The number of rotatable bonds is 4. The van der Waals surface area contributed by atoms with Gasteiger partial charge < -0.3 is 15.0 Å². The number of carbonyl (C=O) groups excluding carboxylic acids is 1. The number of ether oxygens (including phenoxy) is 1. The molecule has 1 amide bonds. The second-order valence-corrected chi connectivity index (χ2v) is 6.44. The Hall–Kier alpha value is -2.56. The van der Waals surface area contributed by atoms with E-state index in [1.165, 1.54) is 25.7 Å². The van der Waals surface area contributed by atoms with E-state index in [1.54, 1.807) is 13.2 Å². The Morgan fingerprint density at radius 3 is 2.60 bits per heavy atom. The molecule has 0 aliphatic carbocycles. The van der Waals surface area contributed by atoms with Gasteiger partial charge in [0.2, 0.25) is 0 Å². The van der Waals surface area contributed by atoms with E-state index in [1.807, 2.05) is 37.3 Å². The average Bonchev–Trinajstić information content (AvgIpc) is 2.91. The lowest BCUT2D eigenvalue weighted by molar-refractivity contribution is 0.102. The Morgan fingerprint density at radius 2 is 1.88 bits per heavy atom. The predicted octanol–water partition coefficient (Wildman–Crippen LogP) is 4.03. The normalized spacial score (nSPS) is 14.7. The number of aryl methyl sites for hydroxylation is 1. The van der Waals surface area contributed by atoms with E-state index in [4.69, 9.17) is 4.74 Å². The lowest BCUT2D eigenvalue weighted by Gasteiger charge is -2.21. The molecule has 1 aliphatic rings. The van der Waals surface area contributed by atoms with Gasteiger partial charge in [-0.15, -0.1) is 0 Å². The van der Waals surface area contributed by atoms with Crippen molar-refractivity contribution in [3.8, 4) is 5.75 Å². The molecule has 1 N–H and O–H groups in total. The van der Waals surface area contributed by atoms with Crippen molar-refractivity contribution in [2.75, 3.05) is 30.4 Å². The summed E-state index contributed by atoms with van der Waals surface area (Å²) in [6.45, 7) is 3.99. The second kappa shape index (κ2) is 8.01. The minimum atomic E-state index is -0.222. The molecule has 2 heterocycles. The molecule has 3 rings (SSSR count). The van der Waals surface area contributed by atoms with E-state index in [0.29, 0.717) is 17.1 Å². The summed E-state index contributed by atoms with van der Waals surface area (Å²) in [5.74, 6) is 1.30. The summed E-state index contributed by atoms with van der Waals surface area (Å²) in [6.07, 6.45) is 4.89. The van der Waals surface area contributed by atoms with Gasteiger partial charge in [-0.3, -0.25) is 4.79 Å². The molecule has 5 nitrogen and oxygen atoms in total. The van der Waals surface area contributed by atoms with Crippen molar-refractivity contribution in [2.24, 2.45) is 0 Å². The average molecular weight is 339 g/mol. The molecule has 0 radical (unpaired) electrons. The molecule has 1 aromatic carbocycles. The first-order valence-corrected chi connectivity index (χ1v) is 8.85. The van der Waals surface area contributed by atoms with Crippen LogP contribution in [0, 0.1) is 6.92 Å². The number of nitrogens with zero attached hydrogens (tertiary/aromatic N) is 2. The number of amides is 1. The number of methoxy groups -OCH3 is 1. The minimum absolute atomic E-state index is 0.222. The van der Waals surface area contributed by atoms with Crippen LogP contribution in [-0.4, -0.2) is 31.1 Å². The van der Waals surface area contributed by atoms with Crippen LogP contribution in [0.4, 0.5) is 11.5 Å². The number of hydrogen-bond acceptors (Lipinski definition) is 4. The first-order chi connectivity index (χ1) is 12.2. The fourth-order valence-corrected chi connectivity index (χ4v) is 3.13. The van der Waals surface area contributed by atoms with Gasteiger partial charge in [-0.1, -0.05) is 25.0 Å². The third kappa shape index (κ3) is 4.29. The number of anilines is 2. The molecule has 0 spiro atoms. The summed E-state index contributed by atoms with van der Waals surface area (Å²) in [4.78, 5) is 19.5. The Morgan fingerprint density at radius 1 is 1.12 bits per heavy atom. The predicted molar refractivity (Wildman–Crippen MR) is 101 cm³/mol. The fourth-order valence-electron chi connectivity index (χ4n) is 3.13. The molecule has 1 fully saturated rings. The molecule has 1 aromatic heterocycles. The standard InChI is InChI=1S/C20H25N3O2/c1-15-10-11-18(25-2)17(14-15)22-20(24)16-8-7-9-19(21-16)23-12-5-3-4-6-13-23/h7-11,14H,3-6,12-13H2,1-2H3,(H,22,24). The number of benzene rings is 1. The molecule has 5 heteroatoms. The van der Waals surface area contributed by atoms with Gasteiger partial charge in [-0.2, -0.15) is 0 Å². The van der Waals surface area contributed by atoms with Crippen molar-refractivity contribution in [1.29, 1.82) is 0 Å². The fraction of sp³-hybridized carbons (Fsp3) is 0.400. The van der Waals surface area contributed by atoms with Gasteiger partial charge in [-0.05, 0) is 49.6 Å². The van der Waals surface area contributed by atoms with E-state index in [0.717, 1.165) is 24.5 Å². The van der Waals surface area contributed by atoms with Gasteiger partial charge in [-0.25, -0.2) is 4.98 Å². The summed E-state index contributed by atoms with van der Waals surface area (Å²) in [5, 5.41) is 2.92. The molecule has 0 unspecified atom stereocenters. The second-order valence-electron chi connectivity index (χ2n) is 6.44. The zero-order valence-corrected chi connectivity index (χ0v) is 14.9. The molecular weight excluding hydrogens is 314 g/mol. The maximum absolute atomic E-state index is 12.6. The number of aromatic nitrogens is 1. The monoisotopic (exact) mass is 339 g/mol. The summed E-state index contributed by atoms with van der Waals surface area (Å²) >= 11 is 0. The first kappa shape index (κ1) is 17.3. The topological polar surface area (TPSA) is 54.5 Å². The van der Waals surface area contributed by atoms with Gasteiger partial charge in [0.05, 0.1) is 12.8 Å². The van der Waals surface area contributed by atoms with Crippen LogP contribution in [0.5, 0.6) is 5.75 Å². The van der Waals surface area contributed by atoms with Crippen LogP contribution < -0.4 is 15.0 Å². The SMILES string of the molecule is COc1ccc(C)cc1NC(=O)c1cccc(N2CCCCCC2)n1. The zero-order chi connectivity index (χ0) is 17.6. The quantitative estimate of drug-likeness (QED) is 0.914. The number of nitrogens with one attached hydrogen (secondary N) is 1. The van der Waals surface area contributed by atoms with Crippen molar-refractivity contribution < 1.29 is 9.53 Å². The molecule has 2 aromatic rings. The van der Waals surface area contributed by atoms with Gasteiger partial charge in [0.15, 0.2) is 0 Å². The Kier molecular flexibility index (Phi) is 5.53. The smallest absolute Gasteiger partial charge is 0.274 e. The molecule has 0 atom stereocenters. The minimum Gasteiger partial charge on any atom is -0.495 e. The summed E-state index contributed by atoms with van der Waals surface area (Å²) < 4.78 is 5.33. The Balaban J connectivity index is 1.78. The lowest BCUT2D eigenvalue weighted by atomic mass is 10.2. The summed E-state index contributed by atoms with van der Waals surface area (Å²) in [7, 11) is 1.60. The van der Waals surface area contributed by atoms with Crippen LogP contribution >= 0.6 is 0 Å². The maximum Gasteiger partial charge on any atom is 0.274 e. The van der Waals surface area contributed by atoms with Crippen LogP contribution in [0.1, 0.15) is 41.7 Å². The largest absolute Gasteiger partial charge is 0.495 e. The maximum atomic E-state index is 12.6. The molecule has 0 saturated carbocycles. The van der Waals surface area contributed by atoms with Crippen molar-refractivity contribution in [2.45, 2.75) is 32.6 Å². The van der Waals surface area contributed by atoms with Gasteiger partial charge >= 0.3 is 0 Å². The highest BCUT2D eigenvalue weighted by Gasteiger charge is 2.15. The zero-order valence-electron chi connectivity index (χ0n) is 14.9. The number of hydrogen-bond donors (Lipinski definition) is 1. The van der Waals surface area contributed by atoms with E-state index >= 15 is 0 Å². The Bertz CT molecular complexity index is 737. The van der Waals surface area contributed by atoms with Crippen molar-refractivity contribution >= 4 is 17.4 Å². The van der Waals surface area contributed by atoms with Crippen LogP contribution in [0.15, 0.2) is 36.4 Å². The molecule has 1 aliphatic heterocycles. The van der Waals surface area contributed by atoms with Crippen molar-refractivity contribution in [1.82, 2.24) is 4.98 Å². The number of pyridine rings is 1. The van der Waals surface area contributed by atoms with Crippen LogP contribution in [0.25, 0.3) is 0 Å². The van der Waals surface area contributed by atoms with Crippen molar-refractivity contribution in [3.63, 3.8) is 0 Å². The van der Waals surface area contributed by atoms with Crippen LogP contribution in [0.2, 0.25) is 0 Å². The van der Waals surface area contributed by atoms with E-state index in [-0.39, 0.29) is 5.91 Å². The first-order valence-electron chi connectivity index (χ1n) is 8.85. The Labute approximate surface area is 149 Å². The highest BCUT2D eigenvalue weighted by Crippen LogP contribution is 2.26. The van der Waals surface area contributed by atoms with E-state index in [9.17, 15) is 4.79 Å². The third-order valence-electron chi connectivity index (χ3n) is 4.50. The highest BCUT2D eigenvalue weighted by molar-refractivity contribution is 6.04. The van der Waals surface area contributed by atoms with Gasteiger partial charge in [0.25, 0.3) is 5.91 Å². The lowest BCUT2D eigenvalue weighted by Crippen LogP contribution is -2.26. The van der Waals surface area contributed by atoms with E-state index < -0.39 is 0 Å². The van der Waals surface area contributed by atoms with Gasteiger partial charge in [0.1, 0.15) is 17.3 Å². The van der Waals surface area contributed by atoms with Crippen LogP contribution in [-0.2, 0) is 0 Å². The molecule has 0 bridgehead atoms. The molecule has 132 valence electrons. The molecular formula is C20H25N3O2. The van der Waals surface area contributed by atoms with E-state index in [2.05, 4.69) is 15.2 Å². The molecule has 1 saturated heterocycles.